The third kappa shape index (κ3) is 5.83. The highest BCUT2D eigenvalue weighted by Crippen LogP contribution is 2.29. The Labute approximate surface area is 233 Å². The zero-order chi connectivity index (χ0) is 28.8. The molecule has 9 nitrogen and oxygen atoms in total. The summed E-state index contributed by atoms with van der Waals surface area (Å²) in [5, 5.41) is 3.38. The average Bonchev–Trinajstić information content (AvgIpc) is 2.96. The molecule has 1 N–H and O–H groups in total. The summed E-state index contributed by atoms with van der Waals surface area (Å²) in [5.41, 5.74) is 2.72. The molecule has 2 amide bonds. The normalized spacial score (nSPS) is 11.6. The van der Waals surface area contributed by atoms with E-state index >= 15 is 0 Å². The molecule has 1 heterocycles. The number of benzene rings is 3. The molecule has 208 valence electrons. The van der Waals surface area contributed by atoms with Gasteiger partial charge in [-0.2, -0.15) is 0 Å². The third-order valence-electron chi connectivity index (χ3n) is 6.59. The highest BCUT2D eigenvalue weighted by molar-refractivity contribution is 5.92. The van der Waals surface area contributed by atoms with Crippen molar-refractivity contribution in [1.82, 2.24) is 14.5 Å². The van der Waals surface area contributed by atoms with Crippen molar-refractivity contribution in [3.8, 4) is 11.4 Å². The van der Waals surface area contributed by atoms with Crippen LogP contribution in [0.5, 0.6) is 5.75 Å². The molecule has 0 aliphatic carbocycles. The Bertz CT molecular complexity index is 1580. The van der Waals surface area contributed by atoms with E-state index < -0.39 is 12.0 Å². The molecule has 3 aromatic carbocycles. The summed E-state index contributed by atoms with van der Waals surface area (Å²) in [6, 6.07) is 18.4. The number of rotatable bonds is 9. The van der Waals surface area contributed by atoms with Gasteiger partial charge in [0.2, 0.25) is 0 Å². The average molecular weight is 543 g/mol. The minimum Gasteiger partial charge on any atom is -0.495 e. The van der Waals surface area contributed by atoms with Crippen molar-refractivity contribution in [2.45, 2.75) is 40.2 Å². The van der Waals surface area contributed by atoms with Crippen LogP contribution in [-0.2, 0) is 4.74 Å². The van der Waals surface area contributed by atoms with Gasteiger partial charge in [-0.1, -0.05) is 25.1 Å². The molecular formula is C31H34N4O5. The lowest BCUT2D eigenvalue weighted by Gasteiger charge is -2.30. The molecule has 1 unspecified atom stereocenters. The van der Waals surface area contributed by atoms with Crippen LogP contribution in [0.1, 0.15) is 55.0 Å². The fourth-order valence-corrected chi connectivity index (χ4v) is 4.59. The molecule has 0 bridgehead atoms. The quantitative estimate of drug-likeness (QED) is 0.265. The van der Waals surface area contributed by atoms with Crippen LogP contribution in [0.15, 0.2) is 71.5 Å². The van der Waals surface area contributed by atoms with E-state index in [0.29, 0.717) is 52.4 Å². The summed E-state index contributed by atoms with van der Waals surface area (Å²) in [6.07, 6.45) is 0.686. The summed E-state index contributed by atoms with van der Waals surface area (Å²) < 4.78 is 12.2. The molecule has 0 spiro atoms. The molecule has 0 saturated carbocycles. The second-order valence-corrected chi connectivity index (χ2v) is 9.40. The summed E-state index contributed by atoms with van der Waals surface area (Å²) in [7, 11) is 1.56. The number of ether oxygens (including phenoxy) is 2. The van der Waals surface area contributed by atoms with E-state index in [1.165, 1.54) is 0 Å². The van der Waals surface area contributed by atoms with Crippen molar-refractivity contribution in [3.05, 3.63) is 94.0 Å². The second kappa shape index (κ2) is 12.5. The first-order valence-electron chi connectivity index (χ1n) is 13.3. The minimum atomic E-state index is -0.582. The van der Waals surface area contributed by atoms with Crippen LogP contribution in [0.3, 0.4) is 0 Å². The number of methoxy groups -OCH3 is 1. The van der Waals surface area contributed by atoms with Gasteiger partial charge in [0.05, 0.1) is 41.9 Å². The Hall–Kier alpha value is -4.66. The van der Waals surface area contributed by atoms with Crippen LogP contribution in [-0.4, -0.2) is 46.7 Å². The van der Waals surface area contributed by atoms with Gasteiger partial charge in [-0.15, -0.1) is 0 Å². The molecule has 0 aliphatic rings. The Morgan fingerprint density at radius 1 is 1.05 bits per heavy atom. The van der Waals surface area contributed by atoms with Crippen molar-refractivity contribution < 1.29 is 19.1 Å². The maximum atomic E-state index is 13.9. The van der Waals surface area contributed by atoms with Gasteiger partial charge >= 0.3 is 12.0 Å². The number of urea groups is 1. The number of esters is 1. The molecule has 9 heteroatoms. The van der Waals surface area contributed by atoms with Crippen molar-refractivity contribution in [1.29, 1.82) is 0 Å². The zero-order valence-corrected chi connectivity index (χ0v) is 23.4. The lowest BCUT2D eigenvalue weighted by atomic mass is 10.1. The van der Waals surface area contributed by atoms with Crippen LogP contribution >= 0.6 is 0 Å². The van der Waals surface area contributed by atoms with E-state index in [0.717, 1.165) is 5.56 Å². The molecule has 0 radical (unpaired) electrons. The van der Waals surface area contributed by atoms with E-state index in [4.69, 9.17) is 14.5 Å². The number of hydrogen-bond donors (Lipinski definition) is 1. The highest BCUT2D eigenvalue weighted by Gasteiger charge is 2.27. The molecular weight excluding hydrogens is 508 g/mol. The fourth-order valence-electron chi connectivity index (χ4n) is 4.59. The summed E-state index contributed by atoms with van der Waals surface area (Å²) in [4.78, 5) is 46.0. The number of fused-ring (bicyclic) bond motifs is 1. The number of anilines is 1. The smallest absolute Gasteiger partial charge is 0.338 e. The largest absolute Gasteiger partial charge is 0.495 e. The predicted molar refractivity (Wildman–Crippen MR) is 155 cm³/mol. The zero-order valence-electron chi connectivity index (χ0n) is 23.4. The minimum absolute atomic E-state index is 0.247. The Morgan fingerprint density at radius 3 is 2.45 bits per heavy atom. The maximum absolute atomic E-state index is 13.9. The second-order valence-electron chi connectivity index (χ2n) is 9.40. The SMILES string of the molecule is CCCN(C(=O)Nc1ccc(C(=O)OCC)cc1)C(C)c1nc2ccccc2c(=O)n1-c1cc(C)ccc1OC. The van der Waals surface area contributed by atoms with Crippen molar-refractivity contribution in [3.63, 3.8) is 0 Å². The molecule has 0 fully saturated rings. The first-order chi connectivity index (χ1) is 19.3. The van der Waals surface area contributed by atoms with Gasteiger partial charge in [-0.25, -0.2) is 14.6 Å². The Morgan fingerprint density at radius 2 is 1.77 bits per heavy atom. The molecule has 1 aromatic heterocycles. The van der Waals surface area contributed by atoms with E-state index in [9.17, 15) is 14.4 Å². The number of nitrogens with zero attached hydrogens (tertiary/aromatic N) is 3. The van der Waals surface area contributed by atoms with Gasteiger partial charge in [0.15, 0.2) is 0 Å². The standard InChI is InChI=1S/C31H34N4O5/c1-6-18-34(31(38)32-23-15-13-22(14-16-23)30(37)40-7-2)21(4)28-33-25-11-9-8-10-24(25)29(36)35(28)26-19-20(3)12-17-27(26)39-5/h8-17,19,21H,6-7,18H2,1-5H3,(H,32,38). The highest BCUT2D eigenvalue weighted by atomic mass is 16.5. The van der Waals surface area contributed by atoms with Gasteiger partial charge in [-0.05, 0) is 81.3 Å². The number of nitrogens with one attached hydrogen (secondary N) is 1. The van der Waals surface area contributed by atoms with E-state index in [1.54, 1.807) is 66.0 Å². The number of aromatic nitrogens is 2. The molecule has 40 heavy (non-hydrogen) atoms. The number of hydrogen-bond acceptors (Lipinski definition) is 6. The number of aryl methyl sites for hydroxylation is 1. The van der Waals surface area contributed by atoms with Crippen molar-refractivity contribution >= 4 is 28.6 Å². The molecule has 4 rings (SSSR count). The van der Waals surface area contributed by atoms with Gasteiger partial charge in [0, 0.05) is 12.2 Å². The number of carbonyl (C=O) groups is 2. The molecule has 0 saturated heterocycles. The third-order valence-corrected chi connectivity index (χ3v) is 6.59. The van der Waals surface area contributed by atoms with Crippen molar-refractivity contribution in [2.24, 2.45) is 0 Å². The van der Waals surface area contributed by atoms with E-state index in [-0.39, 0.29) is 18.2 Å². The Kier molecular flexibility index (Phi) is 8.83. The number of amides is 2. The first-order valence-corrected chi connectivity index (χ1v) is 13.3. The van der Waals surface area contributed by atoms with E-state index in [2.05, 4.69) is 5.32 Å². The van der Waals surface area contributed by atoms with Gasteiger partial charge in [0.1, 0.15) is 11.6 Å². The summed E-state index contributed by atoms with van der Waals surface area (Å²) in [5.74, 6) is 0.508. The lowest BCUT2D eigenvalue weighted by molar-refractivity contribution is 0.0526. The number of para-hydroxylation sites is 1. The van der Waals surface area contributed by atoms with Crippen LogP contribution in [0.4, 0.5) is 10.5 Å². The fraction of sp³-hybridized carbons (Fsp3) is 0.290. The van der Waals surface area contributed by atoms with Crippen LogP contribution in [0.25, 0.3) is 16.6 Å². The van der Waals surface area contributed by atoms with Crippen molar-refractivity contribution in [2.75, 3.05) is 25.6 Å². The topological polar surface area (TPSA) is 103 Å². The van der Waals surface area contributed by atoms with Gasteiger partial charge in [0.25, 0.3) is 5.56 Å². The summed E-state index contributed by atoms with van der Waals surface area (Å²) in [6.45, 7) is 8.22. The van der Waals surface area contributed by atoms with E-state index in [1.807, 2.05) is 45.0 Å². The maximum Gasteiger partial charge on any atom is 0.338 e. The molecule has 1 atom stereocenters. The lowest BCUT2D eigenvalue weighted by Crippen LogP contribution is -2.40. The van der Waals surface area contributed by atoms with Gasteiger partial charge < -0.3 is 19.7 Å². The monoisotopic (exact) mass is 542 g/mol. The summed E-state index contributed by atoms with van der Waals surface area (Å²) >= 11 is 0. The first kappa shape index (κ1) is 28.4. The van der Waals surface area contributed by atoms with Crippen LogP contribution in [0.2, 0.25) is 0 Å². The van der Waals surface area contributed by atoms with Crippen LogP contribution < -0.4 is 15.6 Å². The van der Waals surface area contributed by atoms with Crippen LogP contribution in [0, 0.1) is 6.92 Å². The van der Waals surface area contributed by atoms with Gasteiger partial charge in [-0.3, -0.25) is 9.36 Å². The Balaban J connectivity index is 1.77. The number of carbonyl (C=O) groups excluding carboxylic acids is 2. The molecule has 4 aromatic rings. The molecule has 0 aliphatic heterocycles. The predicted octanol–water partition coefficient (Wildman–Crippen LogP) is 5.88.